The number of likely N-dealkylation sites (N-methyl/N-ethyl adjacent to an activating group) is 1. The average Bonchev–Trinajstić information content (AvgIpc) is 2.66. The molecule has 0 atom stereocenters. The van der Waals surface area contributed by atoms with E-state index in [1.807, 2.05) is 49.4 Å². The maximum atomic E-state index is 12.6. The Bertz CT molecular complexity index is 910. The van der Waals surface area contributed by atoms with Crippen molar-refractivity contribution in [2.75, 3.05) is 13.1 Å². The van der Waals surface area contributed by atoms with Crippen LogP contribution in [-0.2, 0) is 4.79 Å². The number of pyridine rings is 2. The Morgan fingerprint density at radius 3 is 2.56 bits per heavy atom. The van der Waals surface area contributed by atoms with E-state index in [2.05, 4.69) is 20.6 Å². The summed E-state index contributed by atoms with van der Waals surface area (Å²) in [5.41, 5.74) is 2.47. The SMILES string of the molecule is CCNC(=O)CNC(=O)c1cc(-c2ccccn2)nc2ccccc12. The van der Waals surface area contributed by atoms with Gasteiger partial charge < -0.3 is 10.6 Å². The molecule has 126 valence electrons. The van der Waals surface area contributed by atoms with Crippen molar-refractivity contribution in [2.24, 2.45) is 0 Å². The van der Waals surface area contributed by atoms with E-state index in [0.29, 0.717) is 29.0 Å². The lowest BCUT2D eigenvalue weighted by molar-refractivity contribution is -0.120. The molecule has 25 heavy (non-hydrogen) atoms. The van der Waals surface area contributed by atoms with E-state index in [1.54, 1.807) is 12.3 Å². The first-order valence-electron chi connectivity index (χ1n) is 8.05. The van der Waals surface area contributed by atoms with Gasteiger partial charge in [-0.25, -0.2) is 4.98 Å². The normalized spacial score (nSPS) is 10.4. The van der Waals surface area contributed by atoms with Crippen molar-refractivity contribution in [3.8, 4) is 11.4 Å². The fourth-order valence-electron chi connectivity index (χ4n) is 2.52. The molecule has 0 radical (unpaired) electrons. The molecule has 6 heteroatoms. The summed E-state index contributed by atoms with van der Waals surface area (Å²) in [6.45, 7) is 2.29. The van der Waals surface area contributed by atoms with Crippen LogP contribution in [0.25, 0.3) is 22.3 Å². The van der Waals surface area contributed by atoms with Crippen LogP contribution in [0.1, 0.15) is 17.3 Å². The second-order valence-corrected chi connectivity index (χ2v) is 5.42. The van der Waals surface area contributed by atoms with E-state index in [0.717, 1.165) is 5.39 Å². The summed E-state index contributed by atoms with van der Waals surface area (Å²) in [7, 11) is 0. The summed E-state index contributed by atoms with van der Waals surface area (Å²) in [5.74, 6) is -0.541. The number of aromatic nitrogens is 2. The van der Waals surface area contributed by atoms with Gasteiger partial charge in [0, 0.05) is 18.1 Å². The summed E-state index contributed by atoms with van der Waals surface area (Å²) in [6, 6.07) is 14.6. The highest BCUT2D eigenvalue weighted by Crippen LogP contribution is 2.23. The van der Waals surface area contributed by atoms with Crippen LogP contribution < -0.4 is 10.6 Å². The van der Waals surface area contributed by atoms with Crippen LogP contribution in [0.4, 0.5) is 0 Å². The van der Waals surface area contributed by atoms with E-state index in [4.69, 9.17) is 0 Å². The van der Waals surface area contributed by atoms with E-state index < -0.39 is 0 Å². The molecule has 0 spiro atoms. The molecule has 3 rings (SSSR count). The number of hydrogen-bond acceptors (Lipinski definition) is 4. The molecule has 1 aromatic carbocycles. The Morgan fingerprint density at radius 1 is 1.00 bits per heavy atom. The highest BCUT2D eigenvalue weighted by molar-refractivity contribution is 6.07. The number of benzene rings is 1. The summed E-state index contributed by atoms with van der Waals surface area (Å²) in [4.78, 5) is 33.1. The molecule has 0 fully saturated rings. The zero-order valence-corrected chi connectivity index (χ0v) is 13.8. The maximum absolute atomic E-state index is 12.6. The Balaban J connectivity index is 1.98. The predicted molar refractivity (Wildman–Crippen MR) is 96.0 cm³/mol. The Hall–Kier alpha value is -3.28. The van der Waals surface area contributed by atoms with Crippen LogP contribution in [0.5, 0.6) is 0 Å². The van der Waals surface area contributed by atoms with Crippen molar-refractivity contribution in [3.05, 3.63) is 60.3 Å². The first kappa shape index (κ1) is 16.6. The number of carbonyl (C=O) groups is 2. The molecule has 2 aromatic heterocycles. The van der Waals surface area contributed by atoms with E-state index >= 15 is 0 Å². The number of nitrogens with zero attached hydrogens (tertiary/aromatic N) is 2. The molecule has 0 aliphatic rings. The Labute approximate surface area is 145 Å². The molecule has 0 bridgehead atoms. The second kappa shape index (κ2) is 7.53. The molecule has 6 nitrogen and oxygen atoms in total. The molecule has 2 amide bonds. The molecule has 0 saturated heterocycles. The number of hydrogen-bond donors (Lipinski definition) is 2. The van der Waals surface area contributed by atoms with Crippen molar-refractivity contribution in [3.63, 3.8) is 0 Å². The number of nitrogens with one attached hydrogen (secondary N) is 2. The van der Waals surface area contributed by atoms with Crippen LogP contribution in [0.2, 0.25) is 0 Å². The molecule has 0 aliphatic heterocycles. The van der Waals surface area contributed by atoms with Gasteiger partial charge >= 0.3 is 0 Å². The second-order valence-electron chi connectivity index (χ2n) is 5.42. The van der Waals surface area contributed by atoms with Crippen LogP contribution in [0.3, 0.4) is 0 Å². The van der Waals surface area contributed by atoms with Gasteiger partial charge in [-0.05, 0) is 31.2 Å². The highest BCUT2D eigenvalue weighted by Gasteiger charge is 2.15. The van der Waals surface area contributed by atoms with Gasteiger partial charge in [0.15, 0.2) is 0 Å². The summed E-state index contributed by atoms with van der Waals surface area (Å²) in [5, 5.41) is 6.04. The number of carbonyl (C=O) groups excluding carboxylic acids is 2. The number of fused-ring (bicyclic) bond motifs is 1. The highest BCUT2D eigenvalue weighted by atomic mass is 16.2. The molecule has 2 N–H and O–H groups in total. The van der Waals surface area contributed by atoms with E-state index in [-0.39, 0.29) is 18.4 Å². The van der Waals surface area contributed by atoms with E-state index in [1.165, 1.54) is 0 Å². The van der Waals surface area contributed by atoms with Crippen molar-refractivity contribution >= 4 is 22.7 Å². The smallest absolute Gasteiger partial charge is 0.252 e. The lowest BCUT2D eigenvalue weighted by Gasteiger charge is -2.10. The zero-order valence-electron chi connectivity index (χ0n) is 13.8. The van der Waals surface area contributed by atoms with Gasteiger partial charge in [-0.15, -0.1) is 0 Å². The van der Waals surface area contributed by atoms with Crippen molar-refractivity contribution in [1.82, 2.24) is 20.6 Å². The first-order chi connectivity index (χ1) is 12.2. The van der Waals surface area contributed by atoms with Gasteiger partial charge in [-0.1, -0.05) is 24.3 Å². The standard InChI is InChI=1S/C19H18N4O2/c1-2-20-18(24)12-22-19(25)14-11-17(16-9-5-6-10-21-16)23-15-8-4-3-7-13(14)15/h3-11H,2,12H2,1H3,(H,20,24)(H,22,25). The van der Waals surface area contributed by atoms with Gasteiger partial charge in [0.25, 0.3) is 5.91 Å². The largest absolute Gasteiger partial charge is 0.355 e. The summed E-state index contributed by atoms with van der Waals surface area (Å²) >= 11 is 0. The fraction of sp³-hybridized carbons (Fsp3) is 0.158. The van der Waals surface area contributed by atoms with Gasteiger partial charge in [0.2, 0.25) is 5.91 Å². The quantitative estimate of drug-likeness (QED) is 0.749. The minimum Gasteiger partial charge on any atom is -0.355 e. The van der Waals surface area contributed by atoms with Gasteiger partial charge in [-0.3, -0.25) is 14.6 Å². The molecule has 0 aliphatic carbocycles. The Kier molecular flexibility index (Phi) is 4.99. The minimum absolute atomic E-state index is 0.0672. The predicted octanol–water partition coefficient (Wildman–Crippen LogP) is 2.16. The molecular formula is C19H18N4O2. The maximum Gasteiger partial charge on any atom is 0.252 e. The lowest BCUT2D eigenvalue weighted by atomic mass is 10.1. The van der Waals surface area contributed by atoms with E-state index in [9.17, 15) is 9.59 Å². The van der Waals surface area contributed by atoms with Gasteiger partial charge in [0.1, 0.15) is 0 Å². The molecule has 0 unspecified atom stereocenters. The third-order valence-corrected chi connectivity index (χ3v) is 3.67. The topological polar surface area (TPSA) is 84.0 Å². The van der Waals surface area contributed by atoms with Gasteiger partial charge in [0.05, 0.1) is 29.0 Å². The fourth-order valence-corrected chi connectivity index (χ4v) is 2.52. The Morgan fingerprint density at radius 2 is 1.80 bits per heavy atom. The monoisotopic (exact) mass is 334 g/mol. The summed E-state index contributed by atoms with van der Waals surface area (Å²) in [6.07, 6.45) is 1.68. The van der Waals surface area contributed by atoms with Crippen molar-refractivity contribution < 1.29 is 9.59 Å². The van der Waals surface area contributed by atoms with Crippen LogP contribution in [0.15, 0.2) is 54.7 Å². The van der Waals surface area contributed by atoms with Crippen molar-refractivity contribution in [2.45, 2.75) is 6.92 Å². The lowest BCUT2D eigenvalue weighted by Crippen LogP contribution is -2.36. The van der Waals surface area contributed by atoms with Gasteiger partial charge in [-0.2, -0.15) is 0 Å². The zero-order chi connectivity index (χ0) is 17.6. The molecule has 2 heterocycles. The third kappa shape index (κ3) is 3.80. The summed E-state index contributed by atoms with van der Waals surface area (Å²) < 4.78 is 0. The van der Waals surface area contributed by atoms with Crippen LogP contribution >= 0.6 is 0 Å². The van der Waals surface area contributed by atoms with Crippen molar-refractivity contribution in [1.29, 1.82) is 0 Å². The molecular weight excluding hydrogens is 316 g/mol. The van der Waals surface area contributed by atoms with Crippen LogP contribution in [-0.4, -0.2) is 34.9 Å². The number of rotatable bonds is 5. The number of para-hydroxylation sites is 1. The number of amides is 2. The first-order valence-corrected chi connectivity index (χ1v) is 8.05. The molecule has 0 saturated carbocycles. The minimum atomic E-state index is -0.318. The average molecular weight is 334 g/mol. The third-order valence-electron chi connectivity index (χ3n) is 3.67. The molecule has 3 aromatic rings. The van der Waals surface area contributed by atoms with Crippen LogP contribution in [0, 0.1) is 0 Å².